The molecule has 5 heteroatoms. The highest BCUT2D eigenvalue weighted by Gasteiger charge is 2.13. The number of nitriles is 1. The number of aromatic nitrogens is 1. The number of fused-ring (bicyclic) bond motifs is 2. The predicted octanol–water partition coefficient (Wildman–Crippen LogP) is 6.73. The highest BCUT2D eigenvalue weighted by Crippen LogP contribution is 2.29. The van der Waals surface area contributed by atoms with E-state index >= 15 is 0 Å². The molecule has 0 fully saturated rings. The number of allylic oxidation sites excluding steroid dienone is 1. The Bertz CT molecular complexity index is 1500. The number of benzene rings is 4. The van der Waals surface area contributed by atoms with Crippen LogP contribution in [-0.4, -0.2) is 11.0 Å². The average Bonchev–Trinajstić information content (AvgIpc) is 3.26. The highest BCUT2D eigenvalue weighted by atomic mass is 32.1. The van der Waals surface area contributed by atoms with Gasteiger partial charge in [0, 0.05) is 0 Å². The normalized spacial score (nSPS) is 11.4. The monoisotopic (exact) mass is 432 g/mol. The van der Waals surface area contributed by atoms with Crippen molar-refractivity contribution in [3.63, 3.8) is 0 Å². The summed E-state index contributed by atoms with van der Waals surface area (Å²) >= 11 is 1.48. The Balaban J connectivity index is 1.44. The molecule has 152 valence electrons. The summed E-state index contributed by atoms with van der Waals surface area (Å²) in [5.41, 5.74) is 2.59. The number of esters is 1. The van der Waals surface area contributed by atoms with Crippen LogP contribution in [0.25, 0.3) is 32.6 Å². The van der Waals surface area contributed by atoms with Crippen molar-refractivity contribution in [3.05, 3.63) is 107 Å². The molecule has 0 N–H and O–H groups in total. The van der Waals surface area contributed by atoms with Gasteiger partial charge in [-0.25, -0.2) is 9.78 Å². The van der Waals surface area contributed by atoms with E-state index in [4.69, 9.17) is 4.74 Å². The van der Waals surface area contributed by atoms with Gasteiger partial charge in [0.05, 0.1) is 21.4 Å². The smallest absolute Gasteiger partial charge is 0.344 e. The number of ether oxygens (including phenoxy) is 1. The third-order valence-electron chi connectivity index (χ3n) is 5.03. The van der Waals surface area contributed by atoms with Gasteiger partial charge in [-0.15, -0.1) is 11.3 Å². The molecule has 0 aliphatic heterocycles. The molecule has 0 spiro atoms. The molecule has 0 saturated heterocycles. The van der Waals surface area contributed by atoms with E-state index in [1.807, 2.05) is 66.7 Å². The Morgan fingerprint density at radius 3 is 2.59 bits per heavy atom. The zero-order valence-corrected chi connectivity index (χ0v) is 17.7. The fourth-order valence-corrected chi connectivity index (χ4v) is 4.46. The Morgan fingerprint density at radius 2 is 1.72 bits per heavy atom. The van der Waals surface area contributed by atoms with E-state index in [1.165, 1.54) is 11.3 Å². The number of nitrogens with zero attached hydrogens (tertiary/aromatic N) is 2. The van der Waals surface area contributed by atoms with Crippen LogP contribution in [-0.2, 0) is 0 Å². The molecule has 32 heavy (non-hydrogen) atoms. The fourth-order valence-electron chi connectivity index (χ4n) is 3.53. The van der Waals surface area contributed by atoms with Gasteiger partial charge in [-0.05, 0) is 52.7 Å². The largest absolute Gasteiger partial charge is 0.423 e. The number of carbonyl (C=O) groups excluding carboxylic acids is 1. The molecule has 0 aliphatic carbocycles. The zero-order valence-electron chi connectivity index (χ0n) is 16.9. The Labute approximate surface area is 188 Å². The van der Waals surface area contributed by atoms with Crippen molar-refractivity contribution in [1.82, 2.24) is 4.98 Å². The molecule has 0 unspecified atom stereocenters. The molecule has 0 bridgehead atoms. The van der Waals surface area contributed by atoms with Crippen LogP contribution in [0.3, 0.4) is 0 Å². The minimum Gasteiger partial charge on any atom is -0.423 e. The van der Waals surface area contributed by atoms with E-state index in [2.05, 4.69) is 11.1 Å². The fraction of sp³-hybridized carbons (Fsp3) is 0. The molecule has 0 aliphatic rings. The molecule has 0 saturated carbocycles. The molecule has 0 radical (unpaired) electrons. The summed E-state index contributed by atoms with van der Waals surface area (Å²) in [6.07, 6.45) is 1.76. The van der Waals surface area contributed by atoms with Gasteiger partial charge in [-0.3, -0.25) is 0 Å². The van der Waals surface area contributed by atoms with Crippen molar-refractivity contribution < 1.29 is 9.53 Å². The second-order valence-corrected chi connectivity index (χ2v) is 8.18. The molecular formula is C27H16N2O2S. The number of hydrogen-bond acceptors (Lipinski definition) is 5. The molecule has 5 rings (SSSR count). The summed E-state index contributed by atoms with van der Waals surface area (Å²) in [5, 5.41) is 12.2. The van der Waals surface area contributed by atoms with Crippen LogP contribution in [0.15, 0.2) is 91.0 Å². The van der Waals surface area contributed by atoms with Gasteiger partial charge in [0.25, 0.3) is 0 Å². The van der Waals surface area contributed by atoms with Crippen molar-refractivity contribution in [2.75, 3.05) is 0 Å². The van der Waals surface area contributed by atoms with Crippen molar-refractivity contribution in [3.8, 4) is 11.8 Å². The van der Waals surface area contributed by atoms with E-state index in [1.54, 1.807) is 30.3 Å². The maximum absolute atomic E-state index is 12.8. The molecule has 5 aromatic rings. The van der Waals surface area contributed by atoms with Crippen LogP contribution in [0.2, 0.25) is 0 Å². The first-order chi connectivity index (χ1) is 15.7. The highest BCUT2D eigenvalue weighted by molar-refractivity contribution is 7.19. The minimum atomic E-state index is -0.422. The number of para-hydroxylation sites is 1. The SMILES string of the molecule is N#CC(=Cc1cccc(OC(=O)c2cccc3ccccc23)c1)c1nc2ccccc2s1. The Kier molecular flexibility index (Phi) is 5.20. The number of hydrogen-bond donors (Lipinski definition) is 0. The maximum Gasteiger partial charge on any atom is 0.344 e. The summed E-state index contributed by atoms with van der Waals surface area (Å²) in [5.74, 6) is -0.00659. The number of thiazole rings is 1. The summed E-state index contributed by atoms with van der Waals surface area (Å²) < 4.78 is 6.68. The minimum absolute atomic E-state index is 0.415. The van der Waals surface area contributed by atoms with Crippen LogP contribution in [0.1, 0.15) is 20.9 Å². The summed E-state index contributed by atoms with van der Waals surface area (Å²) in [6, 6.07) is 30.4. The standard InChI is InChI=1S/C27H16N2O2S/c28-17-20(26-29-24-13-3-4-14-25(24)32-26)15-18-7-5-10-21(16-18)31-27(30)23-12-6-9-19-8-1-2-11-22(19)23/h1-16H. The Morgan fingerprint density at radius 1 is 0.938 bits per heavy atom. The van der Waals surface area contributed by atoms with Gasteiger partial charge in [-0.2, -0.15) is 5.26 Å². The third-order valence-corrected chi connectivity index (χ3v) is 6.10. The van der Waals surface area contributed by atoms with Crippen LogP contribution >= 0.6 is 11.3 Å². The van der Waals surface area contributed by atoms with Gasteiger partial charge < -0.3 is 4.74 Å². The first-order valence-corrected chi connectivity index (χ1v) is 10.8. The lowest BCUT2D eigenvalue weighted by molar-refractivity contribution is 0.0737. The molecule has 4 nitrogen and oxygen atoms in total. The predicted molar refractivity (Wildman–Crippen MR) is 128 cm³/mol. The van der Waals surface area contributed by atoms with E-state index in [-0.39, 0.29) is 0 Å². The van der Waals surface area contributed by atoms with Gasteiger partial charge in [0.2, 0.25) is 0 Å². The lowest BCUT2D eigenvalue weighted by atomic mass is 10.0. The molecule has 4 aromatic carbocycles. The van der Waals surface area contributed by atoms with E-state index in [0.717, 1.165) is 26.6 Å². The third kappa shape index (κ3) is 3.87. The average molecular weight is 433 g/mol. The first-order valence-electron chi connectivity index (χ1n) is 9.99. The van der Waals surface area contributed by atoms with Gasteiger partial charge in [0.15, 0.2) is 0 Å². The van der Waals surface area contributed by atoms with Gasteiger partial charge >= 0.3 is 5.97 Å². The quantitative estimate of drug-likeness (QED) is 0.179. The topological polar surface area (TPSA) is 63.0 Å². The van der Waals surface area contributed by atoms with Gasteiger partial charge in [0.1, 0.15) is 16.8 Å². The molecule has 0 amide bonds. The lowest BCUT2D eigenvalue weighted by Gasteiger charge is -2.08. The van der Waals surface area contributed by atoms with E-state index < -0.39 is 5.97 Å². The molecular weight excluding hydrogens is 416 g/mol. The summed E-state index contributed by atoms with van der Waals surface area (Å²) in [7, 11) is 0. The summed E-state index contributed by atoms with van der Waals surface area (Å²) in [6.45, 7) is 0. The summed E-state index contributed by atoms with van der Waals surface area (Å²) in [4.78, 5) is 17.4. The van der Waals surface area contributed by atoms with Crippen molar-refractivity contribution in [2.45, 2.75) is 0 Å². The number of carbonyl (C=O) groups is 1. The zero-order chi connectivity index (χ0) is 21.9. The Hall–Kier alpha value is -4.27. The second-order valence-electron chi connectivity index (χ2n) is 7.15. The van der Waals surface area contributed by atoms with Crippen LogP contribution in [0.4, 0.5) is 0 Å². The van der Waals surface area contributed by atoms with Crippen LogP contribution in [0, 0.1) is 11.3 Å². The lowest BCUT2D eigenvalue weighted by Crippen LogP contribution is -2.09. The van der Waals surface area contributed by atoms with Crippen molar-refractivity contribution in [1.29, 1.82) is 5.26 Å². The van der Waals surface area contributed by atoms with Gasteiger partial charge in [-0.1, -0.05) is 60.7 Å². The maximum atomic E-state index is 12.8. The van der Waals surface area contributed by atoms with Crippen LogP contribution in [0.5, 0.6) is 5.75 Å². The second kappa shape index (κ2) is 8.46. The van der Waals surface area contributed by atoms with Crippen LogP contribution < -0.4 is 4.74 Å². The molecule has 1 heterocycles. The first kappa shape index (κ1) is 19.7. The molecule has 0 atom stereocenters. The van der Waals surface area contributed by atoms with Crippen molar-refractivity contribution >= 4 is 49.9 Å². The van der Waals surface area contributed by atoms with Crippen molar-refractivity contribution in [2.24, 2.45) is 0 Å². The number of rotatable bonds is 4. The van der Waals surface area contributed by atoms with E-state index in [9.17, 15) is 10.1 Å². The molecule has 1 aromatic heterocycles. The van der Waals surface area contributed by atoms with E-state index in [0.29, 0.717) is 21.9 Å².